The van der Waals surface area contributed by atoms with Crippen molar-refractivity contribution in [3.8, 4) is 33.8 Å². The average molecular weight is 520 g/mol. The van der Waals surface area contributed by atoms with E-state index in [1.165, 1.54) is 12.1 Å². The maximum atomic E-state index is 13.9. The van der Waals surface area contributed by atoms with Crippen LogP contribution >= 0.6 is 0 Å². The van der Waals surface area contributed by atoms with Crippen molar-refractivity contribution in [3.05, 3.63) is 79.3 Å². The highest BCUT2D eigenvalue weighted by Crippen LogP contribution is 2.34. The van der Waals surface area contributed by atoms with Gasteiger partial charge in [-0.25, -0.2) is 4.39 Å². The molecule has 0 spiro atoms. The summed E-state index contributed by atoms with van der Waals surface area (Å²) in [5, 5.41) is 12.3. The molecule has 0 fully saturated rings. The number of fused-ring (bicyclic) bond motifs is 2. The van der Waals surface area contributed by atoms with E-state index in [9.17, 15) is 9.18 Å². The standard InChI is InChI=1S/C30H26FN7O/c1-30(2,3)11-28(39)35-20-8-18(12-32-13-20)24-10-22-27(16-34-24)37-38-29(22)25-9-21-23(14-33-15-26(21)36-25)17-5-4-6-19(31)7-17/h4-10,12-16,36H,11H2,1-3H3,(H,35,39)(H,37,38). The molecule has 5 aromatic heterocycles. The summed E-state index contributed by atoms with van der Waals surface area (Å²) in [7, 11) is 0. The summed E-state index contributed by atoms with van der Waals surface area (Å²) in [5.41, 5.74) is 6.65. The van der Waals surface area contributed by atoms with E-state index in [-0.39, 0.29) is 17.1 Å². The van der Waals surface area contributed by atoms with Gasteiger partial charge in [0.2, 0.25) is 5.91 Å². The van der Waals surface area contributed by atoms with Crippen molar-refractivity contribution in [1.82, 2.24) is 30.1 Å². The predicted octanol–water partition coefficient (Wildman–Crippen LogP) is 6.74. The number of nitrogens with one attached hydrogen (secondary N) is 3. The third kappa shape index (κ3) is 4.98. The molecule has 0 bridgehead atoms. The fraction of sp³-hybridized carbons (Fsp3) is 0.167. The Morgan fingerprint density at radius 3 is 2.59 bits per heavy atom. The summed E-state index contributed by atoms with van der Waals surface area (Å²) < 4.78 is 13.9. The van der Waals surface area contributed by atoms with Crippen molar-refractivity contribution in [1.29, 1.82) is 0 Å². The van der Waals surface area contributed by atoms with Gasteiger partial charge in [-0.05, 0) is 41.3 Å². The van der Waals surface area contributed by atoms with Crippen molar-refractivity contribution in [2.45, 2.75) is 27.2 Å². The topological polar surface area (TPSA) is 112 Å². The summed E-state index contributed by atoms with van der Waals surface area (Å²) >= 11 is 0. The number of halogens is 1. The van der Waals surface area contributed by atoms with Gasteiger partial charge in [0.15, 0.2) is 0 Å². The molecular weight excluding hydrogens is 493 g/mol. The summed E-state index contributed by atoms with van der Waals surface area (Å²) in [4.78, 5) is 29.1. The van der Waals surface area contributed by atoms with Gasteiger partial charge < -0.3 is 10.3 Å². The summed E-state index contributed by atoms with van der Waals surface area (Å²) in [6, 6.07) is 12.3. The molecule has 6 aromatic rings. The molecule has 0 unspecified atom stereocenters. The lowest BCUT2D eigenvalue weighted by atomic mass is 9.92. The van der Waals surface area contributed by atoms with Crippen LogP contribution in [0, 0.1) is 11.2 Å². The van der Waals surface area contributed by atoms with Crippen molar-refractivity contribution < 1.29 is 9.18 Å². The number of pyridine rings is 3. The van der Waals surface area contributed by atoms with E-state index in [1.54, 1.807) is 37.1 Å². The van der Waals surface area contributed by atoms with Gasteiger partial charge in [0, 0.05) is 40.7 Å². The zero-order valence-electron chi connectivity index (χ0n) is 21.7. The number of hydrogen-bond acceptors (Lipinski definition) is 5. The van der Waals surface area contributed by atoms with Crippen LogP contribution in [0.3, 0.4) is 0 Å². The fourth-order valence-corrected chi connectivity index (χ4v) is 4.68. The Hall–Kier alpha value is -4.92. The van der Waals surface area contributed by atoms with Crippen LogP contribution in [-0.2, 0) is 4.79 Å². The van der Waals surface area contributed by atoms with E-state index < -0.39 is 0 Å². The van der Waals surface area contributed by atoms with Crippen molar-refractivity contribution in [2.75, 3.05) is 5.32 Å². The first-order valence-electron chi connectivity index (χ1n) is 12.6. The maximum Gasteiger partial charge on any atom is 0.224 e. The van der Waals surface area contributed by atoms with Gasteiger partial charge in [-0.2, -0.15) is 5.10 Å². The number of anilines is 1. The molecule has 0 aliphatic heterocycles. The predicted molar refractivity (Wildman–Crippen MR) is 150 cm³/mol. The van der Waals surface area contributed by atoms with E-state index >= 15 is 0 Å². The number of carbonyl (C=O) groups is 1. The second-order valence-electron chi connectivity index (χ2n) is 10.8. The summed E-state index contributed by atoms with van der Waals surface area (Å²) in [6.45, 7) is 6.07. The third-order valence-corrected chi connectivity index (χ3v) is 6.39. The minimum atomic E-state index is -0.300. The van der Waals surface area contributed by atoms with E-state index in [4.69, 9.17) is 0 Å². The number of benzene rings is 1. The molecule has 5 heterocycles. The first-order chi connectivity index (χ1) is 18.7. The van der Waals surface area contributed by atoms with Gasteiger partial charge >= 0.3 is 0 Å². The number of carbonyl (C=O) groups excluding carboxylic acids is 1. The van der Waals surface area contributed by atoms with E-state index in [0.717, 1.165) is 49.9 Å². The molecule has 0 atom stereocenters. The Kier molecular flexibility index (Phi) is 5.91. The number of nitrogens with zero attached hydrogens (tertiary/aromatic N) is 4. The summed E-state index contributed by atoms with van der Waals surface area (Å²) in [5.74, 6) is -0.362. The normalized spacial score (nSPS) is 11.8. The Morgan fingerprint density at radius 2 is 1.77 bits per heavy atom. The van der Waals surface area contributed by atoms with Crippen LogP contribution in [0.5, 0.6) is 0 Å². The van der Waals surface area contributed by atoms with Gasteiger partial charge in [0.25, 0.3) is 0 Å². The molecule has 1 aromatic carbocycles. The zero-order chi connectivity index (χ0) is 27.1. The monoisotopic (exact) mass is 519 g/mol. The first-order valence-corrected chi connectivity index (χ1v) is 12.6. The molecule has 3 N–H and O–H groups in total. The highest BCUT2D eigenvalue weighted by atomic mass is 19.1. The lowest BCUT2D eigenvalue weighted by Gasteiger charge is -2.17. The van der Waals surface area contributed by atoms with Crippen LogP contribution in [-0.4, -0.2) is 36.0 Å². The second kappa shape index (κ2) is 9.43. The second-order valence-corrected chi connectivity index (χ2v) is 10.8. The molecule has 0 radical (unpaired) electrons. The van der Waals surface area contributed by atoms with Gasteiger partial charge in [-0.3, -0.25) is 24.8 Å². The number of amides is 1. The molecular formula is C30H26FN7O. The van der Waals surface area contributed by atoms with Gasteiger partial charge in [0.05, 0.1) is 46.7 Å². The Bertz CT molecular complexity index is 1850. The third-order valence-electron chi connectivity index (χ3n) is 6.39. The van der Waals surface area contributed by atoms with E-state index in [0.29, 0.717) is 17.8 Å². The largest absolute Gasteiger partial charge is 0.352 e. The molecule has 6 rings (SSSR count). The number of rotatable bonds is 5. The minimum absolute atomic E-state index is 0.0621. The van der Waals surface area contributed by atoms with Crippen molar-refractivity contribution in [2.24, 2.45) is 5.41 Å². The Balaban J connectivity index is 1.37. The molecule has 194 valence electrons. The summed E-state index contributed by atoms with van der Waals surface area (Å²) in [6.07, 6.45) is 8.96. The first kappa shape index (κ1) is 24.4. The van der Waals surface area contributed by atoms with Crippen LogP contribution in [0.2, 0.25) is 0 Å². The van der Waals surface area contributed by atoms with Crippen molar-refractivity contribution >= 4 is 33.4 Å². The van der Waals surface area contributed by atoms with Gasteiger partial charge in [-0.1, -0.05) is 32.9 Å². The fourth-order valence-electron chi connectivity index (χ4n) is 4.68. The number of aromatic amines is 2. The maximum absolute atomic E-state index is 13.9. The number of aromatic nitrogens is 6. The lowest BCUT2D eigenvalue weighted by Crippen LogP contribution is -2.19. The molecule has 0 aliphatic carbocycles. The van der Waals surface area contributed by atoms with Crippen LogP contribution in [0.15, 0.2) is 73.4 Å². The highest BCUT2D eigenvalue weighted by molar-refractivity contribution is 6.01. The highest BCUT2D eigenvalue weighted by Gasteiger charge is 2.18. The number of H-pyrrole nitrogens is 2. The molecule has 9 heteroatoms. The molecule has 39 heavy (non-hydrogen) atoms. The van der Waals surface area contributed by atoms with Gasteiger partial charge in [-0.15, -0.1) is 0 Å². The number of hydrogen-bond donors (Lipinski definition) is 3. The lowest BCUT2D eigenvalue weighted by molar-refractivity contribution is -0.117. The average Bonchev–Trinajstić information content (AvgIpc) is 3.51. The van der Waals surface area contributed by atoms with E-state index in [1.807, 2.05) is 45.0 Å². The van der Waals surface area contributed by atoms with Crippen LogP contribution < -0.4 is 5.32 Å². The quantitative estimate of drug-likeness (QED) is 0.233. The molecule has 8 nitrogen and oxygen atoms in total. The molecule has 0 saturated heterocycles. The van der Waals surface area contributed by atoms with Crippen LogP contribution in [0.1, 0.15) is 27.2 Å². The van der Waals surface area contributed by atoms with E-state index in [2.05, 4.69) is 35.5 Å². The Labute approximate surface area is 223 Å². The van der Waals surface area contributed by atoms with Crippen molar-refractivity contribution in [3.63, 3.8) is 0 Å². The van der Waals surface area contributed by atoms with Gasteiger partial charge in [0.1, 0.15) is 11.5 Å². The molecule has 0 saturated carbocycles. The SMILES string of the molecule is CC(C)(C)CC(=O)Nc1cncc(-c2cc3c(-c4cc5c(-c6cccc(F)c6)cncc5[nH]4)n[nH]c3cn2)c1. The zero-order valence-corrected chi connectivity index (χ0v) is 21.7. The minimum Gasteiger partial charge on any atom is -0.352 e. The van der Waals surface area contributed by atoms with Crippen LogP contribution in [0.4, 0.5) is 10.1 Å². The molecule has 1 amide bonds. The Morgan fingerprint density at radius 1 is 0.923 bits per heavy atom. The molecule has 0 aliphatic rings. The van der Waals surface area contributed by atoms with Crippen LogP contribution in [0.25, 0.3) is 55.6 Å². The smallest absolute Gasteiger partial charge is 0.224 e.